The van der Waals surface area contributed by atoms with Crippen LogP contribution in [0.4, 0.5) is 0 Å². The van der Waals surface area contributed by atoms with Crippen molar-refractivity contribution in [1.29, 1.82) is 0 Å². The van der Waals surface area contributed by atoms with Crippen LogP contribution < -0.4 is 5.32 Å². The van der Waals surface area contributed by atoms with Crippen LogP contribution in [0.5, 0.6) is 0 Å². The molecule has 0 aliphatic heterocycles. The van der Waals surface area contributed by atoms with Gasteiger partial charge in [-0.25, -0.2) is 0 Å². The predicted molar refractivity (Wildman–Crippen MR) is 70.3 cm³/mol. The summed E-state index contributed by atoms with van der Waals surface area (Å²) in [6.45, 7) is 3.82. The number of hydrogen-bond donors (Lipinski definition) is 2. The number of fused-ring (bicyclic) bond motifs is 1. The Morgan fingerprint density at radius 3 is 2.89 bits per heavy atom. The van der Waals surface area contributed by atoms with Crippen molar-refractivity contribution in [2.75, 3.05) is 0 Å². The molecule has 0 amide bonds. The Morgan fingerprint density at radius 1 is 1.39 bits per heavy atom. The molecule has 0 aliphatic rings. The van der Waals surface area contributed by atoms with Crippen LogP contribution in [0.1, 0.15) is 19.4 Å². The van der Waals surface area contributed by atoms with E-state index < -0.39 is 11.5 Å². The Balaban J connectivity index is 2.15. The highest BCUT2D eigenvalue weighted by molar-refractivity contribution is 5.79. The van der Waals surface area contributed by atoms with Gasteiger partial charge in [-0.2, -0.15) is 0 Å². The van der Waals surface area contributed by atoms with Crippen LogP contribution in [0, 0.1) is 0 Å². The lowest BCUT2D eigenvalue weighted by atomic mass is 10.0. The summed E-state index contributed by atoms with van der Waals surface area (Å²) in [4.78, 5) is 15.2. The molecule has 0 radical (unpaired) electrons. The van der Waals surface area contributed by atoms with Crippen LogP contribution in [0.25, 0.3) is 10.9 Å². The van der Waals surface area contributed by atoms with Gasteiger partial charge in [0.25, 0.3) is 0 Å². The molecule has 1 heterocycles. The number of nitrogens with one attached hydrogen (secondary N) is 1. The topological polar surface area (TPSA) is 62.2 Å². The first-order chi connectivity index (χ1) is 8.49. The van der Waals surface area contributed by atoms with Crippen molar-refractivity contribution in [3.8, 4) is 0 Å². The number of aromatic nitrogens is 1. The van der Waals surface area contributed by atoms with Gasteiger partial charge in [0.2, 0.25) is 0 Å². The lowest BCUT2D eigenvalue weighted by molar-refractivity contribution is -0.143. The third kappa shape index (κ3) is 2.65. The molecule has 0 spiro atoms. The zero-order chi connectivity index (χ0) is 13.2. The summed E-state index contributed by atoms with van der Waals surface area (Å²) in [5, 5.41) is 13.1. The molecule has 0 saturated heterocycles. The SMILES string of the molecule is CC(C)(NCc1ccc2ncccc2c1)C(=O)O. The summed E-state index contributed by atoms with van der Waals surface area (Å²) in [5.74, 6) is -0.857. The van der Waals surface area contributed by atoms with E-state index in [1.54, 1.807) is 20.0 Å². The number of aliphatic carboxylic acids is 1. The highest BCUT2D eigenvalue weighted by atomic mass is 16.4. The summed E-state index contributed by atoms with van der Waals surface area (Å²) in [5.41, 5.74) is 1.06. The van der Waals surface area contributed by atoms with Crippen molar-refractivity contribution in [3.05, 3.63) is 42.1 Å². The second-order valence-corrected chi connectivity index (χ2v) is 4.81. The zero-order valence-corrected chi connectivity index (χ0v) is 10.5. The third-order valence-corrected chi connectivity index (χ3v) is 2.94. The molecule has 0 saturated carbocycles. The first kappa shape index (κ1) is 12.5. The number of nitrogens with zero attached hydrogens (tertiary/aromatic N) is 1. The van der Waals surface area contributed by atoms with E-state index in [9.17, 15) is 4.79 Å². The van der Waals surface area contributed by atoms with Gasteiger partial charge in [-0.05, 0) is 37.6 Å². The quantitative estimate of drug-likeness (QED) is 0.865. The Bertz CT molecular complexity index is 579. The van der Waals surface area contributed by atoms with Gasteiger partial charge in [-0.1, -0.05) is 12.1 Å². The largest absolute Gasteiger partial charge is 0.480 e. The Morgan fingerprint density at radius 2 is 2.17 bits per heavy atom. The van der Waals surface area contributed by atoms with Gasteiger partial charge in [0.1, 0.15) is 5.54 Å². The summed E-state index contributed by atoms with van der Waals surface area (Å²) in [6.07, 6.45) is 1.76. The number of hydrogen-bond acceptors (Lipinski definition) is 3. The summed E-state index contributed by atoms with van der Waals surface area (Å²) in [6, 6.07) is 9.81. The molecule has 1 aromatic heterocycles. The van der Waals surface area contributed by atoms with Crippen molar-refractivity contribution < 1.29 is 9.90 Å². The summed E-state index contributed by atoms with van der Waals surface area (Å²) in [7, 11) is 0. The van der Waals surface area contributed by atoms with Crippen molar-refractivity contribution >= 4 is 16.9 Å². The maximum Gasteiger partial charge on any atom is 0.323 e. The Labute approximate surface area is 106 Å². The Hall–Kier alpha value is -1.94. The standard InChI is InChI=1S/C14H16N2O2/c1-14(2,13(17)18)16-9-10-5-6-12-11(8-10)4-3-7-15-12/h3-8,16H,9H2,1-2H3,(H,17,18). The van der Waals surface area contributed by atoms with E-state index in [0.717, 1.165) is 16.5 Å². The molecule has 0 atom stereocenters. The molecule has 2 aromatic rings. The van der Waals surface area contributed by atoms with Gasteiger partial charge in [-0.15, -0.1) is 0 Å². The van der Waals surface area contributed by atoms with Crippen LogP contribution in [0.2, 0.25) is 0 Å². The van der Waals surface area contributed by atoms with Crippen molar-refractivity contribution in [2.45, 2.75) is 25.9 Å². The van der Waals surface area contributed by atoms with Gasteiger partial charge >= 0.3 is 5.97 Å². The van der Waals surface area contributed by atoms with Gasteiger partial charge in [0.15, 0.2) is 0 Å². The first-order valence-corrected chi connectivity index (χ1v) is 5.81. The van der Waals surface area contributed by atoms with Gasteiger partial charge in [0, 0.05) is 18.1 Å². The molecule has 0 fully saturated rings. The lowest BCUT2D eigenvalue weighted by Crippen LogP contribution is -2.46. The van der Waals surface area contributed by atoms with E-state index in [4.69, 9.17) is 5.11 Å². The van der Waals surface area contributed by atoms with E-state index in [1.165, 1.54) is 0 Å². The monoisotopic (exact) mass is 244 g/mol. The molecule has 0 aliphatic carbocycles. The smallest absolute Gasteiger partial charge is 0.323 e. The summed E-state index contributed by atoms with van der Waals surface area (Å²) < 4.78 is 0. The average Bonchev–Trinajstić information content (AvgIpc) is 2.36. The first-order valence-electron chi connectivity index (χ1n) is 5.81. The number of pyridine rings is 1. The van der Waals surface area contributed by atoms with Crippen LogP contribution >= 0.6 is 0 Å². The number of carboxylic acid groups (broad SMARTS) is 1. The van der Waals surface area contributed by atoms with Crippen molar-refractivity contribution in [1.82, 2.24) is 10.3 Å². The fourth-order valence-electron chi connectivity index (χ4n) is 1.63. The third-order valence-electron chi connectivity index (χ3n) is 2.94. The Kier molecular flexibility index (Phi) is 3.30. The zero-order valence-electron chi connectivity index (χ0n) is 10.5. The molecule has 2 rings (SSSR count). The molecule has 0 bridgehead atoms. The van der Waals surface area contributed by atoms with Crippen molar-refractivity contribution in [2.24, 2.45) is 0 Å². The molecule has 94 valence electrons. The highest BCUT2D eigenvalue weighted by Gasteiger charge is 2.25. The maximum absolute atomic E-state index is 11.0. The molecular formula is C14H16N2O2. The van der Waals surface area contributed by atoms with Gasteiger partial charge in [-0.3, -0.25) is 15.1 Å². The normalized spacial score (nSPS) is 11.7. The number of carbonyl (C=O) groups is 1. The van der Waals surface area contributed by atoms with Gasteiger partial charge < -0.3 is 5.11 Å². The fraction of sp³-hybridized carbons (Fsp3) is 0.286. The molecule has 4 nitrogen and oxygen atoms in total. The maximum atomic E-state index is 11.0. The fourth-order valence-corrected chi connectivity index (χ4v) is 1.63. The summed E-state index contributed by atoms with van der Waals surface area (Å²) >= 11 is 0. The van der Waals surface area contributed by atoms with Crippen LogP contribution in [0.15, 0.2) is 36.5 Å². The van der Waals surface area contributed by atoms with Crippen molar-refractivity contribution in [3.63, 3.8) is 0 Å². The second kappa shape index (κ2) is 4.74. The molecule has 2 N–H and O–H groups in total. The van der Waals surface area contributed by atoms with E-state index in [2.05, 4.69) is 10.3 Å². The minimum atomic E-state index is -0.927. The second-order valence-electron chi connectivity index (χ2n) is 4.81. The van der Waals surface area contributed by atoms with E-state index in [0.29, 0.717) is 6.54 Å². The lowest BCUT2D eigenvalue weighted by Gasteiger charge is -2.21. The highest BCUT2D eigenvalue weighted by Crippen LogP contribution is 2.14. The number of rotatable bonds is 4. The van der Waals surface area contributed by atoms with E-state index >= 15 is 0 Å². The van der Waals surface area contributed by atoms with E-state index in [-0.39, 0.29) is 0 Å². The molecule has 0 unspecified atom stereocenters. The minimum absolute atomic E-state index is 0.518. The van der Waals surface area contributed by atoms with E-state index in [1.807, 2.05) is 30.3 Å². The molecule has 1 aromatic carbocycles. The van der Waals surface area contributed by atoms with Crippen LogP contribution in [0.3, 0.4) is 0 Å². The van der Waals surface area contributed by atoms with Crippen LogP contribution in [-0.2, 0) is 11.3 Å². The predicted octanol–water partition coefficient (Wildman–Crippen LogP) is 2.19. The van der Waals surface area contributed by atoms with Gasteiger partial charge in [0.05, 0.1) is 5.52 Å². The molecular weight excluding hydrogens is 228 g/mol. The number of benzene rings is 1. The number of carboxylic acids is 1. The minimum Gasteiger partial charge on any atom is -0.480 e. The molecule has 18 heavy (non-hydrogen) atoms. The van der Waals surface area contributed by atoms with Crippen LogP contribution in [-0.4, -0.2) is 21.6 Å². The average molecular weight is 244 g/mol. The molecule has 4 heteroatoms.